The molecule has 1 aliphatic rings. The van der Waals surface area contributed by atoms with Gasteiger partial charge in [0.1, 0.15) is 5.84 Å². The average molecular weight is 274 g/mol. The van der Waals surface area contributed by atoms with Gasteiger partial charge in [-0.1, -0.05) is 6.08 Å². The van der Waals surface area contributed by atoms with Crippen molar-refractivity contribution in [3.05, 3.63) is 35.9 Å². The minimum atomic E-state index is 0.495. The zero-order valence-electron chi connectivity index (χ0n) is 11.7. The minimum absolute atomic E-state index is 0.495. The summed E-state index contributed by atoms with van der Waals surface area (Å²) in [6, 6.07) is 0. The summed E-state index contributed by atoms with van der Waals surface area (Å²) in [4.78, 5) is 15.0. The van der Waals surface area contributed by atoms with Crippen molar-refractivity contribution < 1.29 is 9.53 Å². The van der Waals surface area contributed by atoms with Gasteiger partial charge >= 0.3 is 0 Å². The molecule has 0 atom stereocenters. The second-order valence-corrected chi connectivity index (χ2v) is 4.46. The molecular formula is C14H18N4O2. The highest BCUT2D eigenvalue weighted by molar-refractivity contribution is 5.91. The molecule has 2 rings (SSSR count). The van der Waals surface area contributed by atoms with Gasteiger partial charge in [-0.05, 0) is 11.6 Å². The van der Waals surface area contributed by atoms with Crippen LogP contribution in [0.25, 0.3) is 5.57 Å². The van der Waals surface area contributed by atoms with Crippen molar-refractivity contribution in [1.82, 2.24) is 15.1 Å². The SMILES string of the molecule is CO/C1=C/C=C(/c2cnn(C)c2)CN=C(NC=O)CC1. The number of hydrogen-bond donors (Lipinski definition) is 1. The van der Waals surface area contributed by atoms with E-state index in [1.54, 1.807) is 18.0 Å². The lowest BCUT2D eigenvalue weighted by atomic mass is 10.1. The van der Waals surface area contributed by atoms with Crippen LogP contribution in [0.15, 0.2) is 35.3 Å². The number of nitrogens with zero attached hydrogens (tertiary/aromatic N) is 3. The third-order valence-electron chi connectivity index (χ3n) is 3.08. The Morgan fingerprint density at radius 1 is 1.40 bits per heavy atom. The summed E-state index contributed by atoms with van der Waals surface area (Å²) in [5.74, 6) is 1.52. The van der Waals surface area contributed by atoms with Crippen molar-refractivity contribution >= 4 is 17.8 Å². The molecule has 1 aromatic heterocycles. The molecule has 20 heavy (non-hydrogen) atoms. The molecular weight excluding hydrogens is 256 g/mol. The van der Waals surface area contributed by atoms with E-state index >= 15 is 0 Å². The second kappa shape index (κ2) is 6.70. The minimum Gasteiger partial charge on any atom is -0.501 e. The fourth-order valence-corrected chi connectivity index (χ4v) is 1.96. The van der Waals surface area contributed by atoms with Crippen LogP contribution in [0.1, 0.15) is 18.4 Å². The van der Waals surface area contributed by atoms with Gasteiger partial charge < -0.3 is 10.1 Å². The number of amides is 1. The zero-order chi connectivity index (χ0) is 14.4. The first kappa shape index (κ1) is 14.0. The van der Waals surface area contributed by atoms with Crippen LogP contribution in [0.2, 0.25) is 0 Å². The molecule has 1 amide bonds. The van der Waals surface area contributed by atoms with Gasteiger partial charge in [0.2, 0.25) is 6.41 Å². The van der Waals surface area contributed by atoms with Gasteiger partial charge in [0.25, 0.3) is 0 Å². The van der Waals surface area contributed by atoms with Crippen LogP contribution < -0.4 is 5.32 Å². The van der Waals surface area contributed by atoms with Gasteiger partial charge in [-0.15, -0.1) is 0 Å². The zero-order valence-corrected chi connectivity index (χ0v) is 11.7. The van der Waals surface area contributed by atoms with E-state index in [4.69, 9.17) is 4.74 Å². The van der Waals surface area contributed by atoms with Gasteiger partial charge in [-0.3, -0.25) is 14.5 Å². The van der Waals surface area contributed by atoms with Crippen molar-refractivity contribution in [2.45, 2.75) is 12.8 Å². The highest BCUT2D eigenvalue weighted by Crippen LogP contribution is 2.17. The number of amidine groups is 1. The highest BCUT2D eigenvalue weighted by atomic mass is 16.5. The Kier molecular flexibility index (Phi) is 4.70. The Morgan fingerprint density at radius 3 is 2.90 bits per heavy atom. The smallest absolute Gasteiger partial charge is 0.212 e. The molecule has 106 valence electrons. The van der Waals surface area contributed by atoms with E-state index < -0.39 is 0 Å². The van der Waals surface area contributed by atoms with Gasteiger partial charge in [0, 0.05) is 31.6 Å². The normalized spacial score (nSPS) is 21.2. The number of hydrogen-bond acceptors (Lipinski definition) is 4. The molecule has 0 radical (unpaired) electrons. The van der Waals surface area contributed by atoms with Gasteiger partial charge in [-0.2, -0.15) is 5.10 Å². The fraction of sp³-hybridized carbons (Fsp3) is 0.357. The Balaban J connectivity index is 2.31. The van der Waals surface area contributed by atoms with E-state index in [0.29, 0.717) is 31.6 Å². The summed E-state index contributed by atoms with van der Waals surface area (Å²) in [6.45, 7) is 0.495. The van der Waals surface area contributed by atoms with Gasteiger partial charge in [-0.25, -0.2) is 0 Å². The van der Waals surface area contributed by atoms with Crippen molar-refractivity contribution in [2.75, 3.05) is 13.7 Å². The highest BCUT2D eigenvalue weighted by Gasteiger charge is 2.08. The number of aryl methyl sites for hydroxylation is 1. The Bertz CT molecular complexity index is 569. The lowest BCUT2D eigenvalue weighted by molar-refractivity contribution is -0.108. The number of aliphatic imine (C=N–C) groups is 1. The van der Waals surface area contributed by atoms with E-state index in [-0.39, 0.29) is 0 Å². The first-order chi connectivity index (χ1) is 9.72. The van der Waals surface area contributed by atoms with Crippen molar-refractivity contribution in [1.29, 1.82) is 0 Å². The summed E-state index contributed by atoms with van der Waals surface area (Å²) in [5.41, 5.74) is 2.04. The summed E-state index contributed by atoms with van der Waals surface area (Å²) in [7, 11) is 3.52. The van der Waals surface area contributed by atoms with Crippen LogP contribution in [0, 0.1) is 0 Å². The Labute approximate surface area is 117 Å². The summed E-state index contributed by atoms with van der Waals surface area (Å²) in [5, 5.41) is 6.81. The van der Waals surface area contributed by atoms with Crippen LogP contribution >= 0.6 is 0 Å². The standard InChI is InChI=1S/C14H18N4O2/c1-18-9-12(8-17-18)11-3-4-13(20-2)5-6-14(15-7-11)16-10-19/h3-4,8-10H,5-7H2,1-2H3,(H,15,16,19)/b11-3+,13-4+. The summed E-state index contributed by atoms with van der Waals surface area (Å²) in [6.07, 6.45) is 9.67. The maximum absolute atomic E-state index is 10.6. The largest absolute Gasteiger partial charge is 0.501 e. The molecule has 0 fully saturated rings. The number of methoxy groups -OCH3 is 1. The van der Waals surface area contributed by atoms with E-state index in [1.807, 2.05) is 25.4 Å². The third kappa shape index (κ3) is 3.57. The predicted molar refractivity (Wildman–Crippen MR) is 77.0 cm³/mol. The lowest BCUT2D eigenvalue weighted by Crippen LogP contribution is -2.22. The Morgan fingerprint density at radius 2 is 2.25 bits per heavy atom. The number of rotatable bonds is 3. The summed E-state index contributed by atoms with van der Waals surface area (Å²) < 4.78 is 7.07. The predicted octanol–water partition coefficient (Wildman–Crippen LogP) is 1.27. The van der Waals surface area contributed by atoms with Crippen molar-refractivity contribution in [3.63, 3.8) is 0 Å². The van der Waals surface area contributed by atoms with Crippen molar-refractivity contribution in [3.8, 4) is 0 Å². The summed E-state index contributed by atoms with van der Waals surface area (Å²) >= 11 is 0. The maximum Gasteiger partial charge on any atom is 0.212 e. The molecule has 0 saturated heterocycles. The molecule has 1 aromatic rings. The second-order valence-electron chi connectivity index (χ2n) is 4.46. The van der Waals surface area contributed by atoms with Crippen LogP contribution in [-0.4, -0.2) is 35.7 Å². The molecule has 1 N–H and O–H groups in total. The molecule has 0 spiro atoms. The molecule has 0 saturated carbocycles. The molecule has 0 aliphatic carbocycles. The maximum atomic E-state index is 10.6. The molecule has 6 heteroatoms. The van der Waals surface area contributed by atoms with E-state index in [2.05, 4.69) is 15.4 Å². The average Bonchev–Trinajstić information content (AvgIpc) is 2.90. The number of allylic oxidation sites excluding steroid dienone is 3. The molecule has 0 aromatic carbocycles. The number of ether oxygens (including phenoxy) is 1. The molecule has 0 bridgehead atoms. The van der Waals surface area contributed by atoms with Crippen LogP contribution in [0.3, 0.4) is 0 Å². The molecule has 6 nitrogen and oxygen atoms in total. The number of aromatic nitrogens is 2. The fourth-order valence-electron chi connectivity index (χ4n) is 1.96. The van der Waals surface area contributed by atoms with Gasteiger partial charge in [0.15, 0.2) is 0 Å². The van der Waals surface area contributed by atoms with E-state index in [9.17, 15) is 4.79 Å². The van der Waals surface area contributed by atoms with Crippen molar-refractivity contribution in [2.24, 2.45) is 12.0 Å². The topological polar surface area (TPSA) is 68.5 Å². The number of nitrogens with one attached hydrogen (secondary N) is 1. The van der Waals surface area contributed by atoms with Crippen LogP contribution in [0.4, 0.5) is 0 Å². The molecule has 0 unspecified atom stereocenters. The third-order valence-corrected chi connectivity index (χ3v) is 3.08. The molecule has 1 aliphatic heterocycles. The Hall–Kier alpha value is -2.37. The lowest BCUT2D eigenvalue weighted by Gasteiger charge is -2.06. The molecule has 2 heterocycles. The number of carbonyl (C=O) groups excluding carboxylic acids is 1. The van der Waals surface area contributed by atoms with E-state index in [0.717, 1.165) is 16.9 Å². The van der Waals surface area contributed by atoms with Gasteiger partial charge in [0.05, 0.1) is 25.6 Å². The van der Waals surface area contributed by atoms with Crippen LogP contribution in [-0.2, 0) is 16.6 Å². The van der Waals surface area contributed by atoms with Crippen LogP contribution in [0.5, 0.6) is 0 Å². The first-order valence-corrected chi connectivity index (χ1v) is 6.39. The first-order valence-electron chi connectivity index (χ1n) is 6.39. The quantitative estimate of drug-likeness (QED) is 0.844. The number of carbonyl (C=O) groups is 1. The monoisotopic (exact) mass is 274 g/mol. The van der Waals surface area contributed by atoms with E-state index in [1.165, 1.54) is 0 Å².